The lowest BCUT2D eigenvalue weighted by molar-refractivity contribution is -0.155. The molecule has 0 heterocycles. The summed E-state index contributed by atoms with van der Waals surface area (Å²) in [6.45, 7) is 13.7. The van der Waals surface area contributed by atoms with Gasteiger partial charge in [0.05, 0.1) is 0 Å². The first-order chi connectivity index (χ1) is 7.01. The summed E-state index contributed by atoms with van der Waals surface area (Å²) in [5, 5.41) is 0. The lowest BCUT2D eigenvalue weighted by Crippen LogP contribution is -2.29. The molecule has 16 heavy (non-hydrogen) atoms. The van der Waals surface area contributed by atoms with E-state index in [-0.39, 0.29) is 11.4 Å². The van der Waals surface area contributed by atoms with Gasteiger partial charge in [-0.2, -0.15) is 0 Å². The van der Waals surface area contributed by atoms with E-state index in [0.717, 1.165) is 6.42 Å². The van der Waals surface area contributed by atoms with Crippen LogP contribution in [0.2, 0.25) is 0 Å². The average molecular weight is 227 g/mol. The zero-order valence-corrected chi connectivity index (χ0v) is 11.6. The van der Waals surface area contributed by atoms with E-state index >= 15 is 0 Å². The molecule has 0 amide bonds. The summed E-state index contributed by atoms with van der Waals surface area (Å²) in [6.07, 6.45) is 2.68. The van der Waals surface area contributed by atoms with Crippen LogP contribution >= 0.6 is 0 Å². The van der Waals surface area contributed by atoms with Crippen LogP contribution in [0, 0.1) is 5.41 Å². The van der Waals surface area contributed by atoms with E-state index in [9.17, 15) is 4.79 Å². The number of carbonyl (C=O) groups excluding carboxylic acids is 1. The van der Waals surface area contributed by atoms with Crippen molar-refractivity contribution in [2.75, 3.05) is 0 Å². The van der Waals surface area contributed by atoms with Crippen LogP contribution in [0.3, 0.4) is 0 Å². The molecule has 94 valence electrons. The van der Waals surface area contributed by atoms with Crippen LogP contribution < -0.4 is 0 Å². The zero-order valence-electron chi connectivity index (χ0n) is 11.6. The van der Waals surface area contributed by atoms with Crippen LogP contribution in [0.1, 0.15) is 54.9 Å². The molecule has 0 aromatic carbocycles. The largest absolute Gasteiger partial charge is 0.458 e. The zero-order chi connectivity index (χ0) is 13.0. The minimum Gasteiger partial charge on any atom is -0.458 e. The van der Waals surface area contributed by atoms with Crippen LogP contribution in [0.4, 0.5) is 0 Å². The molecular weight excluding hydrogens is 202 g/mol. The molecule has 0 radical (unpaired) electrons. The quantitative estimate of drug-likeness (QED) is 0.548. The second-order valence-electron chi connectivity index (χ2n) is 6.31. The van der Waals surface area contributed by atoms with Crippen LogP contribution in [0.25, 0.3) is 0 Å². The first-order valence-electron chi connectivity index (χ1n) is 5.76. The third kappa shape index (κ3) is 8.45. The topological polar surface area (TPSA) is 38.7 Å². The van der Waals surface area contributed by atoms with Crippen molar-refractivity contribution >= 4 is 12.2 Å². The van der Waals surface area contributed by atoms with Gasteiger partial charge in [-0.15, -0.1) is 0 Å². The Morgan fingerprint density at radius 2 is 1.75 bits per heavy atom. The van der Waals surface area contributed by atoms with E-state index in [1.165, 1.54) is 0 Å². The van der Waals surface area contributed by atoms with Gasteiger partial charge in [0.25, 0.3) is 0 Å². The Kier molecular flexibility index (Phi) is 5.17. The van der Waals surface area contributed by atoms with Crippen molar-refractivity contribution < 1.29 is 9.53 Å². The minimum absolute atomic E-state index is 0.206. The van der Waals surface area contributed by atoms with Crippen molar-refractivity contribution in [1.82, 2.24) is 0 Å². The Morgan fingerprint density at radius 3 is 2.12 bits per heavy atom. The number of nitrogens with zero attached hydrogens (tertiary/aromatic N) is 1. The molecule has 0 spiro atoms. The van der Waals surface area contributed by atoms with Crippen molar-refractivity contribution in [2.24, 2.45) is 10.4 Å². The Hall–Kier alpha value is -0.860. The van der Waals surface area contributed by atoms with Gasteiger partial charge in [0, 0.05) is 6.21 Å². The van der Waals surface area contributed by atoms with E-state index < -0.39 is 11.6 Å². The maximum absolute atomic E-state index is 11.6. The maximum Gasteiger partial charge on any atom is 0.331 e. The van der Waals surface area contributed by atoms with E-state index in [1.807, 2.05) is 27.0 Å². The van der Waals surface area contributed by atoms with Gasteiger partial charge in [-0.1, -0.05) is 20.8 Å². The Labute approximate surface area is 99.3 Å². The number of hydrogen-bond acceptors (Lipinski definition) is 3. The lowest BCUT2D eigenvalue weighted by atomic mass is 9.93. The molecule has 0 rings (SSSR count). The molecule has 0 aliphatic rings. The molecule has 0 bridgehead atoms. The van der Waals surface area contributed by atoms with Gasteiger partial charge < -0.3 is 4.74 Å². The van der Waals surface area contributed by atoms with Gasteiger partial charge in [-0.3, -0.25) is 4.99 Å². The average Bonchev–Trinajstić information content (AvgIpc) is 1.98. The number of rotatable bonds is 3. The molecule has 0 fully saturated rings. The first kappa shape index (κ1) is 15.1. The minimum atomic E-state index is -0.440. The summed E-state index contributed by atoms with van der Waals surface area (Å²) in [5.74, 6) is -0.266. The standard InChI is InChI=1S/C13H25NO2/c1-10(11(15)16-13(5,6)7)14-9-8-12(2,3)4/h9-10H,8H2,1-7H3. The lowest BCUT2D eigenvalue weighted by Gasteiger charge is -2.21. The summed E-state index contributed by atoms with van der Waals surface area (Å²) in [5.41, 5.74) is -0.234. The summed E-state index contributed by atoms with van der Waals surface area (Å²) in [4.78, 5) is 15.8. The number of aliphatic imine (C=N–C) groups is 1. The summed E-state index contributed by atoms with van der Waals surface area (Å²) >= 11 is 0. The van der Waals surface area contributed by atoms with Crippen molar-refractivity contribution in [3.63, 3.8) is 0 Å². The highest BCUT2D eigenvalue weighted by molar-refractivity contribution is 5.78. The monoisotopic (exact) mass is 227 g/mol. The highest BCUT2D eigenvalue weighted by atomic mass is 16.6. The van der Waals surface area contributed by atoms with Crippen molar-refractivity contribution in [3.8, 4) is 0 Å². The van der Waals surface area contributed by atoms with Crippen LogP contribution in [0.15, 0.2) is 4.99 Å². The summed E-state index contributed by atoms with van der Waals surface area (Å²) < 4.78 is 5.23. The predicted octanol–water partition coefficient (Wildman–Crippen LogP) is 3.22. The second-order valence-corrected chi connectivity index (χ2v) is 6.31. The summed E-state index contributed by atoms with van der Waals surface area (Å²) in [7, 11) is 0. The molecule has 3 nitrogen and oxygen atoms in total. The summed E-state index contributed by atoms with van der Waals surface area (Å²) in [6, 6.07) is -0.415. The Balaban J connectivity index is 4.16. The van der Waals surface area contributed by atoms with Gasteiger partial charge in [-0.05, 0) is 39.5 Å². The van der Waals surface area contributed by atoms with Gasteiger partial charge in [-0.25, -0.2) is 4.79 Å². The molecular formula is C13H25NO2. The number of carbonyl (C=O) groups is 1. The van der Waals surface area contributed by atoms with Crippen molar-refractivity contribution in [1.29, 1.82) is 0 Å². The molecule has 0 aliphatic carbocycles. The normalized spacial score (nSPS) is 15.2. The van der Waals surface area contributed by atoms with E-state index in [1.54, 1.807) is 6.92 Å². The molecule has 0 aromatic heterocycles. The van der Waals surface area contributed by atoms with E-state index in [0.29, 0.717) is 0 Å². The van der Waals surface area contributed by atoms with Crippen LogP contribution in [0.5, 0.6) is 0 Å². The number of ether oxygens (including phenoxy) is 1. The third-order valence-corrected chi connectivity index (χ3v) is 1.78. The number of esters is 1. The Bertz CT molecular complexity index is 256. The van der Waals surface area contributed by atoms with E-state index in [4.69, 9.17) is 4.74 Å². The van der Waals surface area contributed by atoms with E-state index in [2.05, 4.69) is 25.8 Å². The van der Waals surface area contributed by atoms with Crippen molar-refractivity contribution in [2.45, 2.75) is 66.5 Å². The highest BCUT2D eigenvalue weighted by Gasteiger charge is 2.20. The molecule has 0 N–H and O–H groups in total. The fraction of sp³-hybridized carbons (Fsp3) is 0.846. The first-order valence-corrected chi connectivity index (χ1v) is 5.76. The fourth-order valence-electron chi connectivity index (χ4n) is 0.933. The van der Waals surface area contributed by atoms with Crippen LogP contribution in [-0.2, 0) is 9.53 Å². The SMILES string of the molecule is CC(N=CCC(C)(C)C)C(=O)OC(C)(C)C. The van der Waals surface area contributed by atoms with Gasteiger partial charge >= 0.3 is 5.97 Å². The Morgan fingerprint density at radius 1 is 1.25 bits per heavy atom. The smallest absolute Gasteiger partial charge is 0.331 e. The molecule has 0 saturated heterocycles. The molecule has 0 aromatic rings. The molecule has 1 unspecified atom stereocenters. The molecule has 0 aliphatic heterocycles. The highest BCUT2D eigenvalue weighted by Crippen LogP contribution is 2.16. The molecule has 1 atom stereocenters. The third-order valence-electron chi connectivity index (χ3n) is 1.78. The van der Waals surface area contributed by atoms with Crippen LogP contribution in [-0.4, -0.2) is 23.8 Å². The number of hydrogen-bond donors (Lipinski definition) is 0. The maximum atomic E-state index is 11.6. The van der Waals surface area contributed by atoms with Gasteiger partial charge in [0.1, 0.15) is 11.6 Å². The van der Waals surface area contributed by atoms with Crippen molar-refractivity contribution in [3.05, 3.63) is 0 Å². The molecule has 0 saturated carbocycles. The fourth-order valence-corrected chi connectivity index (χ4v) is 0.933. The second kappa shape index (κ2) is 5.46. The van der Waals surface area contributed by atoms with Gasteiger partial charge in [0.2, 0.25) is 0 Å². The van der Waals surface area contributed by atoms with Gasteiger partial charge in [0.15, 0.2) is 0 Å². The molecule has 3 heteroatoms. The predicted molar refractivity (Wildman–Crippen MR) is 67.9 cm³/mol.